The summed E-state index contributed by atoms with van der Waals surface area (Å²) in [5.74, 6) is 0. The van der Waals surface area contributed by atoms with Crippen LogP contribution in [0.3, 0.4) is 0 Å². The van der Waals surface area contributed by atoms with Gasteiger partial charge in [0, 0.05) is 7.11 Å². The van der Waals surface area contributed by atoms with Crippen molar-refractivity contribution >= 4 is 0 Å². The molecule has 0 saturated carbocycles. The summed E-state index contributed by atoms with van der Waals surface area (Å²) in [6.45, 7) is 7.66. The number of nitrogens with one attached hydrogen (secondary N) is 1. The topological polar surface area (TPSA) is 47.3 Å². The van der Waals surface area contributed by atoms with Gasteiger partial charge in [-0.05, 0) is 27.7 Å². The Morgan fingerprint density at radius 2 is 1.60 bits per heavy atom. The fourth-order valence-electron chi connectivity index (χ4n) is 0.827. The van der Waals surface area contributed by atoms with Crippen molar-refractivity contribution in [3.8, 4) is 0 Å². The molecule has 0 aromatic heterocycles. The average molecular weight is 146 g/mol. The Morgan fingerprint density at radius 1 is 1.20 bits per heavy atom. The van der Waals surface area contributed by atoms with Gasteiger partial charge in [-0.25, -0.2) is 0 Å². The molecule has 0 aliphatic carbocycles. The number of nitrogens with two attached hydrogens (primary N) is 1. The van der Waals surface area contributed by atoms with Crippen molar-refractivity contribution in [3.63, 3.8) is 0 Å². The van der Waals surface area contributed by atoms with Crippen LogP contribution in [-0.2, 0) is 4.74 Å². The van der Waals surface area contributed by atoms with Crippen LogP contribution in [0.5, 0.6) is 0 Å². The van der Waals surface area contributed by atoms with Crippen molar-refractivity contribution < 1.29 is 4.74 Å². The van der Waals surface area contributed by atoms with Crippen LogP contribution in [0, 0.1) is 0 Å². The summed E-state index contributed by atoms with van der Waals surface area (Å²) < 4.78 is 5.12. The lowest BCUT2D eigenvalue weighted by Crippen LogP contribution is -2.58. The molecule has 10 heavy (non-hydrogen) atoms. The van der Waals surface area contributed by atoms with E-state index in [9.17, 15) is 0 Å². The second kappa shape index (κ2) is 2.86. The molecule has 0 atom stereocenters. The van der Waals surface area contributed by atoms with Crippen LogP contribution in [0.4, 0.5) is 0 Å². The molecule has 0 aliphatic heterocycles. The van der Waals surface area contributed by atoms with E-state index >= 15 is 0 Å². The second-order valence-corrected chi connectivity index (χ2v) is 3.56. The van der Waals surface area contributed by atoms with Gasteiger partial charge in [0.1, 0.15) is 5.72 Å². The summed E-state index contributed by atoms with van der Waals surface area (Å²) in [7, 11) is 1.65. The fraction of sp³-hybridized carbons (Fsp3) is 1.00. The zero-order valence-electron chi connectivity index (χ0n) is 7.49. The minimum absolute atomic E-state index is 0.349. The van der Waals surface area contributed by atoms with Gasteiger partial charge < -0.3 is 10.5 Å². The summed E-state index contributed by atoms with van der Waals surface area (Å²) in [6, 6.07) is 0. The third-order valence-corrected chi connectivity index (χ3v) is 1.13. The molecule has 0 aliphatic rings. The van der Waals surface area contributed by atoms with Crippen LogP contribution in [-0.4, -0.2) is 18.5 Å². The molecule has 0 spiro atoms. The van der Waals surface area contributed by atoms with E-state index in [4.69, 9.17) is 10.5 Å². The molecule has 0 bridgehead atoms. The molecule has 3 N–H and O–H groups in total. The van der Waals surface area contributed by atoms with E-state index in [1.54, 1.807) is 7.11 Å². The summed E-state index contributed by atoms with van der Waals surface area (Å²) in [5, 5.41) is 3.10. The van der Waals surface area contributed by atoms with Gasteiger partial charge >= 0.3 is 0 Å². The smallest absolute Gasteiger partial charge is 0.114 e. The third-order valence-electron chi connectivity index (χ3n) is 1.13. The summed E-state index contributed by atoms with van der Waals surface area (Å²) in [6.07, 6.45) is 0. The van der Waals surface area contributed by atoms with Crippen molar-refractivity contribution in [2.45, 2.75) is 39.1 Å². The van der Waals surface area contributed by atoms with E-state index in [-0.39, 0.29) is 11.4 Å². The first-order valence-electron chi connectivity index (χ1n) is 3.40. The Kier molecular flexibility index (Phi) is 2.83. The van der Waals surface area contributed by atoms with Crippen LogP contribution in [0.25, 0.3) is 0 Å². The summed E-state index contributed by atoms with van der Waals surface area (Å²) >= 11 is 0. The van der Waals surface area contributed by atoms with Crippen LogP contribution >= 0.6 is 0 Å². The Labute approximate surface area is 62.9 Å². The highest BCUT2D eigenvalue weighted by molar-refractivity contribution is 4.76. The van der Waals surface area contributed by atoms with Crippen molar-refractivity contribution in [3.05, 3.63) is 0 Å². The first kappa shape index (κ1) is 9.88. The van der Waals surface area contributed by atoms with Gasteiger partial charge in [0.15, 0.2) is 0 Å². The van der Waals surface area contributed by atoms with E-state index in [1.807, 2.05) is 27.7 Å². The van der Waals surface area contributed by atoms with Gasteiger partial charge in [0.2, 0.25) is 0 Å². The lowest BCUT2D eigenvalue weighted by Gasteiger charge is -2.33. The van der Waals surface area contributed by atoms with E-state index in [0.29, 0.717) is 0 Å². The van der Waals surface area contributed by atoms with Gasteiger partial charge in [-0.15, -0.1) is 0 Å². The predicted molar refractivity (Wildman–Crippen MR) is 42.5 cm³/mol. The maximum absolute atomic E-state index is 5.71. The zero-order chi connectivity index (χ0) is 8.41. The van der Waals surface area contributed by atoms with E-state index in [1.165, 1.54) is 0 Å². The van der Waals surface area contributed by atoms with Crippen LogP contribution in [0.15, 0.2) is 0 Å². The molecule has 62 valence electrons. The Morgan fingerprint density at radius 3 is 1.70 bits per heavy atom. The Balaban J connectivity index is 3.89. The Hall–Kier alpha value is -0.120. The Bertz CT molecular complexity index is 105. The SMILES string of the molecule is COC(C)(C)NC(C)(C)N. The zero-order valence-corrected chi connectivity index (χ0v) is 7.49. The van der Waals surface area contributed by atoms with Crippen molar-refractivity contribution in [2.24, 2.45) is 5.73 Å². The summed E-state index contributed by atoms with van der Waals surface area (Å²) in [4.78, 5) is 0. The monoisotopic (exact) mass is 146 g/mol. The molecule has 3 nitrogen and oxygen atoms in total. The van der Waals surface area contributed by atoms with Gasteiger partial charge in [-0.1, -0.05) is 0 Å². The molecule has 0 saturated heterocycles. The van der Waals surface area contributed by atoms with Crippen molar-refractivity contribution in [2.75, 3.05) is 7.11 Å². The standard InChI is InChI=1S/C7H18N2O/c1-6(2,8)9-7(3,4)10-5/h9H,8H2,1-5H3. The summed E-state index contributed by atoms with van der Waals surface area (Å²) in [5.41, 5.74) is 4.97. The maximum atomic E-state index is 5.71. The lowest BCUT2D eigenvalue weighted by atomic mass is 10.2. The van der Waals surface area contributed by atoms with Gasteiger partial charge in [-0.2, -0.15) is 0 Å². The molecular weight excluding hydrogens is 128 g/mol. The number of hydrogen-bond acceptors (Lipinski definition) is 3. The molecule has 0 aromatic carbocycles. The van der Waals surface area contributed by atoms with Crippen molar-refractivity contribution in [1.82, 2.24) is 5.32 Å². The van der Waals surface area contributed by atoms with Crippen molar-refractivity contribution in [1.29, 1.82) is 0 Å². The quantitative estimate of drug-likeness (QED) is 0.575. The second-order valence-electron chi connectivity index (χ2n) is 3.56. The molecule has 0 radical (unpaired) electrons. The maximum Gasteiger partial charge on any atom is 0.114 e. The van der Waals surface area contributed by atoms with Crippen LogP contribution < -0.4 is 11.1 Å². The molecule has 0 unspecified atom stereocenters. The molecule has 0 rings (SSSR count). The minimum Gasteiger partial charge on any atom is -0.364 e. The predicted octanol–water partition coefficient (Wildman–Crippen LogP) is 0.653. The number of rotatable bonds is 3. The minimum atomic E-state index is -0.389. The molecular formula is C7H18N2O. The van der Waals surface area contributed by atoms with Gasteiger partial charge in [0.25, 0.3) is 0 Å². The van der Waals surface area contributed by atoms with Crippen LogP contribution in [0.2, 0.25) is 0 Å². The number of hydrogen-bond donors (Lipinski definition) is 2. The number of methoxy groups -OCH3 is 1. The molecule has 0 heterocycles. The molecule has 0 amide bonds. The highest BCUT2D eigenvalue weighted by Gasteiger charge is 2.22. The molecule has 0 aromatic rings. The first-order chi connectivity index (χ1) is 4.27. The number of ether oxygens (including phenoxy) is 1. The fourth-order valence-corrected chi connectivity index (χ4v) is 0.827. The highest BCUT2D eigenvalue weighted by atomic mass is 16.5. The van der Waals surface area contributed by atoms with Gasteiger partial charge in [-0.3, -0.25) is 5.32 Å². The normalized spacial score (nSPS) is 13.8. The third kappa shape index (κ3) is 4.73. The largest absolute Gasteiger partial charge is 0.364 e. The van der Waals surface area contributed by atoms with E-state index < -0.39 is 0 Å². The van der Waals surface area contributed by atoms with E-state index in [0.717, 1.165) is 0 Å². The van der Waals surface area contributed by atoms with Crippen LogP contribution in [0.1, 0.15) is 27.7 Å². The first-order valence-corrected chi connectivity index (χ1v) is 3.40. The van der Waals surface area contributed by atoms with E-state index in [2.05, 4.69) is 5.32 Å². The molecule has 0 fully saturated rings. The highest BCUT2D eigenvalue weighted by Crippen LogP contribution is 2.06. The molecule has 3 heteroatoms. The lowest BCUT2D eigenvalue weighted by molar-refractivity contribution is -0.0277. The van der Waals surface area contributed by atoms with Gasteiger partial charge in [0.05, 0.1) is 5.66 Å². The average Bonchev–Trinajstić information content (AvgIpc) is 1.60.